The van der Waals surface area contributed by atoms with Gasteiger partial charge in [0.15, 0.2) is 0 Å². The minimum atomic E-state index is -0.164. The van der Waals surface area contributed by atoms with E-state index in [0.29, 0.717) is 23.3 Å². The lowest BCUT2D eigenvalue weighted by molar-refractivity contribution is -0.0174. The lowest BCUT2D eigenvalue weighted by Crippen LogP contribution is -2.35. The minimum Gasteiger partial charge on any atom is -0.458 e. The molecule has 1 fully saturated rings. The number of hydrogen-bond acceptors (Lipinski definition) is 2. The van der Waals surface area contributed by atoms with E-state index in [2.05, 4.69) is 27.7 Å². The Bertz CT molecular complexity index is 504. The quantitative estimate of drug-likeness (QED) is 0.738. The summed E-state index contributed by atoms with van der Waals surface area (Å²) < 4.78 is 5.88. The summed E-state index contributed by atoms with van der Waals surface area (Å²) in [6.07, 6.45) is 3.49. The number of carbonyl (C=O) groups excluding carboxylic acids is 1. The molecule has 1 saturated carbocycles. The number of aryl methyl sites for hydroxylation is 2. The number of carbonyl (C=O) groups is 1. The lowest BCUT2D eigenvalue weighted by Gasteiger charge is -2.36. The van der Waals surface area contributed by atoms with Crippen LogP contribution in [-0.4, -0.2) is 12.1 Å². The Labute approximate surface area is 128 Å². The van der Waals surface area contributed by atoms with Crippen LogP contribution in [0.1, 0.15) is 61.5 Å². The topological polar surface area (TPSA) is 26.3 Å². The van der Waals surface area contributed by atoms with Crippen molar-refractivity contribution in [3.63, 3.8) is 0 Å². The third-order valence-corrected chi connectivity index (χ3v) is 4.96. The first-order valence-corrected chi connectivity index (χ1v) is 8.16. The zero-order chi connectivity index (χ0) is 15.6. The Balaban J connectivity index is 2.10. The van der Waals surface area contributed by atoms with Gasteiger partial charge in [-0.1, -0.05) is 33.3 Å². The molecule has 1 aliphatic carbocycles. The van der Waals surface area contributed by atoms with E-state index in [1.54, 1.807) is 0 Å². The van der Waals surface area contributed by atoms with Crippen LogP contribution in [0.3, 0.4) is 0 Å². The van der Waals surface area contributed by atoms with E-state index >= 15 is 0 Å². The summed E-state index contributed by atoms with van der Waals surface area (Å²) in [5.74, 6) is 1.55. The van der Waals surface area contributed by atoms with Crippen molar-refractivity contribution in [1.82, 2.24) is 0 Å². The maximum Gasteiger partial charge on any atom is 0.338 e. The van der Waals surface area contributed by atoms with Crippen molar-refractivity contribution < 1.29 is 9.53 Å². The molecule has 0 heterocycles. The first-order valence-electron chi connectivity index (χ1n) is 8.16. The second-order valence-corrected chi connectivity index (χ2v) is 7.07. The Hall–Kier alpha value is -1.31. The van der Waals surface area contributed by atoms with Gasteiger partial charge in [0, 0.05) is 0 Å². The summed E-state index contributed by atoms with van der Waals surface area (Å²) in [6.45, 7) is 10.8. The average Bonchev–Trinajstić information content (AvgIpc) is 2.41. The summed E-state index contributed by atoms with van der Waals surface area (Å²) in [6, 6.07) is 5.81. The van der Waals surface area contributed by atoms with Crippen molar-refractivity contribution in [3.05, 3.63) is 34.9 Å². The molecule has 0 aromatic heterocycles. The molecule has 2 nitrogen and oxygen atoms in total. The number of ether oxygens (including phenoxy) is 1. The van der Waals surface area contributed by atoms with Gasteiger partial charge in [-0.3, -0.25) is 0 Å². The van der Waals surface area contributed by atoms with E-state index in [0.717, 1.165) is 12.0 Å². The molecule has 0 aliphatic heterocycles. The zero-order valence-corrected chi connectivity index (χ0v) is 14.0. The molecule has 0 radical (unpaired) electrons. The Kier molecular flexibility index (Phi) is 5.08. The van der Waals surface area contributed by atoms with E-state index in [1.165, 1.54) is 18.4 Å². The standard InChI is InChI=1S/C19H28O2/c1-12(2)17-9-6-13(3)10-18(17)21-19(20)16-8-7-14(4)15(5)11-16/h7-8,11-13,17-18H,6,9-10H2,1-5H3/t13-,17+,18-/m0/s1. The maximum atomic E-state index is 12.4. The van der Waals surface area contributed by atoms with E-state index in [4.69, 9.17) is 4.74 Å². The lowest BCUT2D eigenvalue weighted by atomic mass is 9.75. The van der Waals surface area contributed by atoms with Gasteiger partial charge in [0.25, 0.3) is 0 Å². The van der Waals surface area contributed by atoms with E-state index in [1.807, 2.05) is 25.1 Å². The molecule has 1 aromatic rings. The molecule has 0 spiro atoms. The van der Waals surface area contributed by atoms with Crippen LogP contribution < -0.4 is 0 Å². The summed E-state index contributed by atoms with van der Waals surface area (Å²) >= 11 is 0. The highest BCUT2D eigenvalue weighted by atomic mass is 16.5. The van der Waals surface area contributed by atoms with Crippen molar-refractivity contribution >= 4 is 5.97 Å². The van der Waals surface area contributed by atoms with Crippen molar-refractivity contribution in [3.8, 4) is 0 Å². The monoisotopic (exact) mass is 288 g/mol. The average molecular weight is 288 g/mol. The predicted octanol–water partition coefficient (Wildman–Crippen LogP) is 4.92. The number of rotatable bonds is 3. The van der Waals surface area contributed by atoms with Crippen LogP contribution in [0.5, 0.6) is 0 Å². The molecular formula is C19H28O2. The third-order valence-electron chi connectivity index (χ3n) is 4.96. The summed E-state index contributed by atoms with van der Waals surface area (Å²) in [5, 5.41) is 0. The van der Waals surface area contributed by atoms with Crippen LogP contribution in [0.4, 0.5) is 0 Å². The second-order valence-electron chi connectivity index (χ2n) is 7.07. The van der Waals surface area contributed by atoms with Crippen LogP contribution in [0.2, 0.25) is 0 Å². The van der Waals surface area contributed by atoms with E-state index < -0.39 is 0 Å². The van der Waals surface area contributed by atoms with Gasteiger partial charge in [0.2, 0.25) is 0 Å². The van der Waals surface area contributed by atoms with Gasteiger partial charge in [-0.05, 0) is 67.7 Å². The normalized spacial score (nSPS) is 25.9. The third kappa shape index (κ3) is 3.87. The Morgan fingerprint density at radius 2 is 1.90 bits per heavy atom. The molecule has 0 unspecified atom stereocenters. The van der Waals surface area contributed by atoms with E-state index in [-0.39, 0.29) is 12.1 Å². The summed E-state index contributed by atoms with van der Waals surface area (Å²) in [7, 11) is 0. The molecule has 0 amide bonds. The highest BCUT2D eigenvalue weighted by Gasteiger charge is 2.33. The van der Waals surface area contributed by atoms with Gasteiger partial charge in [-0.25, -0.2) is 4.79 Å². The molecule has 2 rings (SSSR count). The maximum absolute atomic E-state index is 12.4. The fourth-order valence-electron chi connectivity index (χ4n) is 3.32. The molecule has 0 N–H and O–H groups in total. The highest BCUT2D eigenvalue weighted by molar-refractivity contribution is 5.89. The van der Waals surface area contributed by atoms with Gasteiger partial charge < -0.3 is 4.74 Å². The molecule has 1 aliphatic rings. The van der Waals surface area contributed by atoms with Crippen molar-refractivity contribution in [2.75, 3.05) is 0 Å². The number of esters is 1. The molecule has 1 aromatic carbocycles. The second kappa shape index (κ2) is 6.64. The molecular weight excluding hydrogens is 260 g/mol. The van der Waals surface area contributed by atoms with Crippen molar-refractivity contribution in [2.24, 2.45) is 17.8 Å². The molecule has 2 heteroatoms. The first kappa shape index (κ1) is 16.1. The first-order chi connectivity index (χ1) is 9.88. The van der Waals surface area contributed by atoms with Gasteiger partial charge in [-0.2, -0.15) is 0 Å². The fraction of sp³-hybridized carbons (Fsp3) is 0.632. The highest BCUT2D eigenvalue weighted by Crippen LogP contribution is 2.35. The molecule has 3 atom stereocenters. The smallest absolute Gasteiger partial charge is 0.338 e. The van der Waals surface area contributed by atoms with Crippen LogP contribution in [-0.2, 0) is 4.74 Å². The van der Waals surface area contributed by atoms with Crippen LogP contribution >= 0.6 is 0 Å². The SMILES string of the molecule is Cc1ccc(C(=O)O[C@H]2C[C@@H](C)CC[C@@H]2C(C)C)cc1C. The number of benzene rings is 1. The van der Waals surface area contributed by atoms with Gasteiger partial charge >= 0.3 is 5.97 Å². The van der Waals surface area contributed by atoms with Crippen LogP contribution in [0, 0.1) is 31.6 Å². The number of hydrogen-bond donors (Lipinski definition) is 0. The van der Waals surface area contributed by atoms with Crippen LogP contribution in [0.15, 0.2) is 18.2 Å². The van der Waals surface area contributed by atoms with Crippen LogP contribution in [0.25, 0.3) is 0 Å². The molecule has 21 heavy (non-hydrogen) atoms. The predicted molar refractivity (Wildman–Crippen MR) is 86.5 cm³/mol. The molecule has 0 bridgehead atoms. The van der Waals surface area contributed by atoms with Gasteiger partial charge in [0.1, 0.15) is 6.10 Å². The fourth-order valence-corrected chi connectivity index (χ4v) is 3.32. The van der Waals surface area contributed by atoms with Gasteiger partial charge in [0.05, 0.1) is 5.56 Å². The molecule has 0 saturated heterocycles. The summed E-state index contributed by atoms with van der Waals surface area (Å²) in [5.41, 5.74) is 3.03. The minimum absolute atomic E-state index is 0.0721. The van der Waals surface area contributed by atoms with Crippen molar-refractivity contribution in [1.29, 1.82) is 0 Å². The largest absolute Gasteiger partial charge is 0.458 e. The van der Waals surface area contributed by atoms with E-state index in [9.17, 15) is 4.79 Å². The van der Waals surface area contributed by atoms with Crippen molar-refractivity contribution in [2.45, 2.75) is 60.0 Å². The zero-order valence-electron chi connectivity index (χ0n) is 14.0. The summed E-state index contributed by atoms with van der Waals surface area (Å²) in [4.78, 5) is 12.4. The van der Waals surface area contributed by atoms with Gasteiger partial charge in [-0.15, -0.1) is 0 Å². The Morgan fingerprint density at radius 3 is 2.52 bits per heavy atom. The molecule has 116 valence electrons. The Morgan fingerprint density at radius 1 is 1.19 bits per heavy atom.